The van der Waals surface area contributed by atoms with Crippen molar-refractivity contribution in [3.63, 3.8) is 0 Å². The average Bonchev–Trinajstić information content (AvgIpc) is 2.88. The lowest BCUT2D eigenvalue weighted by atomic mass is 9.58. The minimum atomic E-state index is -0.594. The van der Waals surface area contributed by atoms with E-state index in [9.17, 15) is 4.79 Å². The highest BCUT2D eigenvalue weighted by atomic mass is 32.1. The van der Waals surface area contributed by atoms with Gasteiger partial charge in [-0.05, 0) is 37.1 Å². The molecule has 0 bridgehead atoms. The van der Waals surface area contributed by atoms with Crippen molar-refractivity contribution in [2.75, 3.05) is 18.6 Å². The molecule has 1 amide bonds. The lowest BCUT2D eigenvalue weighted by Crippen LogP contribution is -2.46. The summed E-state index contributed by atoms with van der Waals surface area (Å²) in [6, 6.07) is 7.55. The lowest BCUT2D eigenvalue weighted by molar-refractivity contribution is 0.0947. The maximum absolute atomic E-state index is 12.8. The van der Waals surface area contributed by atoms with Crippen LogP contribution in [0.2, 0.25) is 0 Å². The standard InChI is InChI=1S/C17H24B2N4O2S/c1-8(9(2)20)12-13(21)14(26-15(12)22)16(24)23-17(18,19)10-4-6-11(25-3)7-5-10/h4-7H,18-22H2,1-3H3,(H,23,24)/b9-8-. The molecule has 26 heavy (non-hydrogen) atoms. The number of nitrogen functional groups attached to an aromatic ring is 2. The van der Waals surface area contributed by atoms with Gasteiger partial charge in [0.1, 0.15) is 26.3 Å². The SMILES string of the molecule is BC(B)(NC(=O)c1sc(N)c(/C(C)=C(/C)N)c1N)c1ccc(OC)cc1. The molecular formula is C17H24B2N4O2S. The van der Waals surface area contributed by atoms with Crippen molar-refractivity contribution >= 4 is 49.2 Å². The molecule has 2 rings (SSSR count). The number of carbonyl (C=O) groups is 1. The van der Waals surface area contributed by atoms with E-state index in [-0.39, 0.29) is 5.91 Å². The Morgan fingerprint density at radius 2 is 1.77 bits per heavy atom. The minimum absolute atomic E-state index is 0.270. The number of ether oxygens (including phenoxy) is 1. The number of thiophene rings is 1. The number of anilines is 2. The van der Waals surface area contributed by atoms with Crippen molar-refractivity contribution in [3.05, 3.63) is 46.0 Å². The van der Waals surface area contributed by atoms with Crippen LogP contribution in [0.5, 0.6) is 5.75 Å². The van der Waals surface area contributed by atoms with Crippen LogP contribution in [-0.2, 0) is 5.34 Å². The fraction of sp³-hybridized carbons (Fsp3) is 0.235. The highest BCUT2D eigenvalue weighted by Gasteiger charge is 2.27. The highest BCUT2D eigenvalue weighted by molar-refractivity contribution is 7.18. The van der Waals surface area contributed by atoms with E-state index in [0.717, 1.165) is 16.9 Å². The molecule has 1 heterocycles. The van der Waals surface area contributed by atoms with E-state index in [2.05, 4.69) is 5.32 Å². The molecule has 0 saturated heterocycles. The summed E-state index contributed by atoms with van der Waals surface area (Å²) in [5.41, 5.74) is 21.5. The van der Waals surface area contributed by atoms with Gasteiger partial charge in [0.2, 0.25) is 0 Å². The highest BCUT2D eigenvalue weighted by Crippen LogP contribution is 2.38. The van der Waals surface area contributed by atoms with E-state index in [1.165, 1.54) is 11.3 Å². The summed E-state index contributed by atoms with van der Waals surface area (Å²) in [5, 5.41) is 2.91. The Labute approximate surface area is 159 Å². The monoisotopic (exact) mass is 370 g/mol. The molecule has 0 aliphatic heterocycles. The van der Waals surface area contributed by atoms with E-state index < -0.39 is 5.34 Å². The summed E-state index contributed by atoms with van der Waals surface area (Å²) < 4.78 is 5.17. The minimum Gasteiger partial charge on any atom is -0.497 e. The molecule has 0 fully saturated rings. The molecule has 0 atom stereocenters. The molecule has 1 aromatic carbocycles. The number of nitrogens with one attached hydrogen (secondary N) is 1. The van der Waals surface area contributed by atoms with Gasteiger partial charge in [0.15, 0.2) is 0 Å². The predicted octanol–water partition coefficient (Wildman–Crippen LogP) is 0.437. The van der Waals surface area contributed by atoms with Crippen molar-refractivity contribution in [3.8, 4) is 5.75 Å². The van der Waals surface area contributed by atoms with E-state index in [0.29, 0.717) is 26.8 Å². The van der Waals surface area contributed by atoms with Crippen molar-refractivity contribution in [2.45, 2.75) is 19.2 Å². The molecule has 9 heteroatoms. The average molecular weight is 370 g/mol. The second kappa shape index (κ2) is 7.37. The number of hydrogen-bond acceptors (Lipinski definition) is 6. The third kappa shape index (κ3) is 3.83. The van der Waals surface area contributed by atoms with Gasteiger partial charge < -0.3 is 27.3 Å². The molecule has 0 aliphatic carbocycles. The molecule has 0 aliphatic rings. The zero-order valence-electron chi connectivity index (χ0n) is 15.8. The quantitative estimate of drug-likeness (QED) is 0.570. The predicted molar refractivity (Wildman–Crippen MR) is 115 cm³/mol. The first-order valence-electron chi connectivity index (χ1n) is 8.16. The molecule has 1 aromatic heterocycles. The van der Waals surface area contributed by atoms with Gasteiger partial charge in [-0.2, -0.15) is 0 Å². The molecule has 6 nitrogen and oxygen atoms in total. The molecule has 7 N–H and O–H groups in total. The van der Waals surface area contributed by atoms with Crippen LogP contribution in [0.15, 0.2) is 30.0 Å². The smallest absolute Gasteiger partial charge is 0.263 e. The molecule has 2 aromatic rings. The van der Waals surface area contributed by atoms with Crippen LogP contribution >= 0.6 is 11.3 Å². The Hall–Kier alpha value is -2.54. The lowest BCUT2D eigenvalue weighted by Gasteiger charge is -2.27. The zero-order chi connectivity index (χ0) is 19.6. The Kier molecular flexibility index (Phi) is 5.61. The van der Waals surface area contributed by atoms with E-state index in [4.69, 9.17) is 21.9 Å². The van der Waals surface area contributed by atoms with Gasteiger partial charge in [-0.25, -0.2) is 0 Å². The summed E-state index contributed by atoms with van der Waals surface area (Å²) in [5.74, 6) is 0.490. The molecule has 0 spiro atoms. The van der Waals surface area contributed by atoms with Crippen LogP contribution in [-0.4, -0.2) is 28.7 Å². The van der Waals surface area contributed by atoms with Gasteiger partial charge >= 0.3 is 0 Å². The van der Waals surface area contributed by atoms with Crippen LogP contribution in [0.3, 0.4) is 0 Å². The van der Waals surface area contributed by atoms with Gasteiger partial charge in [-0.1, -0.05) is 12.1 Å². The number of methoxy groups -OCH3 is 1. The first-order valence-corrected chi connectivity index (χ1v) is 8.98. The number of benzene rings is 1. The third-order valence-electron chi connectivity index (χ3n) is 4.38. The first-order chi connectivity index (χ1) is 12.1. The van der Waals surface area contributed by atoms with Crippen LogP contribution < -0.4 is 27.3 Å². The van der Waals surface area contributed by atoms with Crippen LogP contribution in [0.4, 0.5) is 10.7 Å². The summed E-state index contributed by atoms with van der Waals surface area (Å²) in [6.45, 7) is 3.62. The van der Waals surface area contributed by atoms with Crippen molar-refractivity contribution in [1.29, 1.82) is 0 Å². The molecule has 0 saturated carbocycles. The summed E-state index contributed by atoms with van der Waals surface area (Å²) in [6.07, 6.45) is 0. The van der Waals surface area contributed by atoms with Gasteiger partial charge in [0.05, 0.1) is 17.8 Å². The van der Waals surface area contributed by atoms with Crippen molar-refractivity contribution in [1.82, 2.24) is 5.32 Å². The zero-order valence-corrected chi connectivity index (χ0v) is 16.6. The van der Waals surface area contributed by atoms with E-state index in [1.807, 2.05) is 46.9 Å². The number of carbonyl (C=O) groups excluding carboxylic acids is 1. The normalized spacial score (nSPS) is 12.4. The Bertz CT molecular complexity index is 856. The summed E-state index contributed by atoms with van der Waals surface area (Å²) >= 11 is 1.17. The fourth-order valence-corrected chi connectivity index (χ4v) is 3.58. The van der Waals surface area contributed by atoms with Gasteiger partial charge in [-0.3, -0.25) is 4.79 Å². The molecule has 0 radical (unpaired) electrons. The van der Waals surface area contributed by atoms with E-state index >= 15 is 0 Å². The van der Waals surface area contributed by atoms with Crippen LogP contribution in [0.25, 0.3) is 5.57 Å². The second-order valence-corrected chi connectivity index (χ2v) is 7.75. The Morgan fingerprint density at radius 3 is 2.27 bits per heavy atom. The number of amides is 1. The van der Waals surface area contributed by atoms with Gasteiger partial charge in [0, 0.05) is 16.6 Å². The Balaban J connectivity index is 2.32. The van der Waals surface area contributed by atoms with Crippen LogP contribution in [0.1, 0.15) is 34.6 Å². The van der Waals surface area contributed by atoms with E-state index in [1.54, 1.807) is 14.0 Å². The van der Waals surface area contributed by atoms with Gasteiger partial charge in [0.25, 0.3) is 5.91 Å². The fourth-order valence-electron chi connectivity index (χ4n) is 2.64. The third-order valence-corrected chi connectivity index (χ3v) is 5.42. The maximum atomic E-state index is 12.8. The molecule has 136 valence electrons. The van der Waals surface area contributed by atoms with Gasteiger partial charge in [-0.15, -0.1) is 11.3 Å². The number of hydrogen-bond donors (Lipinski definition) is 4. The first kappa shape index (κ1) is 19.8. The topological polar surface area (TPSA) is 116 Å². The Morgan fingerprint density at radius 1 is 1.19 bits per heavy atom. The number of allylic oxidation sites excluding steroid dienone is 2. The number of nitrogens with two attached hydrogens (primary N) is 3. The molecular weight excluding hydrogens is 346 g/mol. The second-order valence-electron chi connectivity index (χ2n) is 6.70. The maximum Gasteiger partial charge on any atom is 0.263 e. The summed E-state index contributed by atoms with van der Waals surface area (Å²) in [7, 11) is 5.47. The molecule has 0 unspecified atom stereocenters. The summed E-state index contributed by atoms with van der Waals surface area (Å²) in [4.78, 5) is 13.2. The largest absolute Gasteiger partial charge is 0.497 e. The number of rotatable bonds is 5. The van der Waals surface area contributed by atoms with Crippen LogP contribution in [0, 0.1) is 0 Å². The van der Waals surface area contributed by atoms with Crippen molar-refractivity contribution in [2.24, 2.45) is 5.73 Å². The van der Waals surface area contributed by atoms with Crippen molar-refractivity contribution < 1.29 is 9.53 Å².